The molecule has 0 aliphatic heterocycles. The summed E-state index contributed by atoms with van der Waals surface area (Å²) in [5.41, 5.74) is -3.03. The minimum absolute atomic E-state index is 0.223. The first-order chi connectivity index (χ1) is 4.33. The van der Waals surface area contributed by atoms with E-state index >= 15 is 0 Å². The van der Waals surface area contributed by atoms with E-state index in [0.29, 0.717) is 5.92 Å². The van der Waals surface area contributed by atoms with Gasteiger partial charge in [0.2, 0.25) is 5.69 Å². The van der Waals surface area contributed by atoms with Crippen LogP contribution in [0.15, 0.2) is 0 Å². The Hall–Kier alpha value is 0.920. The van der Waals surface area contributed by atoms with Crippen molar-refractivity contribution in [3.8, 4) is 0 Å². The maximum atomic E-state index is 8.88. The molecule has 5 heteroatoms. The summed E-state index contributed by atoms with van der Waals surface area (Å²) in [4.78, 5) is 17.8. The highest BCUT2D eigenvalue weighted by molar-refractivity contribution is 8.67. The Morgan fingerprint density at radius 3 is 1.80 bits per heavy atom. The van der Waals surface area contributed by atoms with Crippen molar-refractivity contribution in [2.24, 2.45) is 5.92 Å². The third-order valence-electron chi connectivity index (χ3n) is 1.24. The third kappa shape index (κ3) is 5.69. The molecule has 0 bridgehead atoms. The molecule has 0 amide bonds. The SMILES string of the molecule is CC(C)C(C)SP(O)(O)=S. The molecule has 0 heterocycles. The fourth-order valence-electron chi connectivity index (χ4n) is 0.338. The van der Waals surface area contributed by atoms with Gasteiger partial charge in [0.25, 0.3) is 0 Å². The van der Waals surface area contributed by atoms with Crippen LogP contribution < -0.4 is 0 Å². The highest BCUT2D eigenvalue weighted by Crippen LogP contribution is 2.54. The molecular weight excluding hydrogens is 187 g/mol. The molecule has 62 valence electrons. The first kappa shape index (κ1) is 10.9. The number of rotatable bonds is 3. The Labute approximate surface area is 71.0 Å². The molecule has 0 fully saturated rings. The molecule has 0 aromatic heterocycles. The average Bonchev–Trinajstić information content (AvgIpc) is 1.60. The molecule has 0 aliphatic carbocycles. The quantitative estimate of drug-likeness (QED) is 0.683. The van der Waals surface area contributed by atoms with Crippen molar-refractivity contribution in [1.82, 2.24) is 0 Å². The van der Waals surface area contributed by atoms with Crippen molar-refractivity contribution in [3.63, 3.8) is 0 Å². The Morgan fingerprint density at radius 2 is 1.70 bits per heavy atom. The van der Waals surface area contributed by atoms with E-state index in [2.05, 4.69) is 11.8 Å². The van der Waals surface area contributed by atoms with E-state index in [1.165, 1.54) is 0 Å². The summed E-state index contributed by atoms with van der Waals surface area (Å²) in [5.74, 6) is 0.437. The van der Waals surface area contributed by atoms with Crippen LogP contribution in [0.5, 0.6) is 0 Å². The van der Waals surface area contributed by atoms with Crippen LogP contribution in [0.3, 0.4) is 0 Å². The molecule has 2 nitrogen and oxygen atoms in total. The highest BCUT2D eigenvalue weighted by atomic mass is 32.9. The zero-order valence-electron chi connectivity index (χ0n) is 6.31. The molecule has 2 N–H and O–H groups in total. The van der Waals surface area contributed by atoms with Crippen molar-refractivity contribution in [2.75, 3.05) is 0 Å². The molecule has 1 atom stereocenters. The predicted octanol–water partition coefficient (Wildman–Crippen LogP) is 1.97. The van der Waals surface area contributed by atoms with Gasteiger partial charge in [-0.05, 0) is 17.7 Å². The Balaban J connectivity index is 3.80. The molecule has 0 saturated heterocycles. The maximum Gasteiger partial charge on any atom is 0.242 e. The molecule has 0 aliphatic rings. The van der Waals surface area contributed by atoms with Crippen molar-refractivity contribution in [2.45, 2.75) is 26.0 Å². The minimum Gasteiger partial charge on any atom is -0.338 e. The van der Waals surface area contributed by atoms with Gasteiger partial charge in [-0.2, -0.15) is 0 Å². The summed E-state index contributed by atoms with van der Waals surface area (Å²) in [5, 5.41) is 0.223. The van der Waals surface area contributed by atoms with Crippen LogP contribution in [0.25, 0.3) is 0 Å². The van der Waals surface area contributed by atoms with Crippen LogP contribution in [-0.4, -0.2) is 15.0 Å². The number of hydrogen-bond acceptors (Lipinski definition) is 2. The lowest BCUT2D eigenvalue weighted by molar-refractivity contribution is 0.501. The molecule has 0 aromatic rings. The Morgan fingerprint density at radius 1 is 1.30 bits per heavy atom. The molecule has 0 radical (unpaired) electrons. The van der Waals surface area contributed by atoms with Gasteiger partial charge in [0.15, 0.2) is 0 Å². The van der Waals surface area contributed by atoms with E-state index in [1.807, 2.05) is 20.8 Å². The van der Waals surface area contributed by atoms with Gasteiger partial charge in [-0.25, -0.2) is 0 Å². The smallest absolute Gasteiger partial charge is 0.242 e. The van der Waals surface area contributed by atoms with Gasteiger partial charge in [-0.3, -0.25) is 0 Å². The Kier molecular flexibility index (Phi) is 4.45. The van der Waals surface area contributed by atoms with Crippen LogP contribution in [0.1, 0.15) is 20.8 Å². The first-order valence-corrected chi connectivity index (χ1v) is 7.26. The first-order valence-electron chi connectivity index (χ1n) is 3.07. The van der Waals surface area contributed by atoms with Gasteiger partial charge in [0.05, 0.1) is 0 Å². The monoisotopic (exact) mass is 200 g/mol. The van der Waals surface area contributed by atoms with Crippen molar-refractivity contribution in [3.05, 3.63) is 0 Å². The normalized spacial score (nSPS) is 15.8. The molecular formula is C5H13O2PS2. The molecule has 1 unspecified atom stereocenters. The van der Waals surface area contributed by atoms with Gasteiger partial charge in [-0.1, -0.05) is 32.2 Å². The predicted molar refractivity (Wildman–Crippen MR) is 50.6 cm³/mol. The van der Waals surface area contributed by atoms with E-state index in [1.54, 1.807) is 0 Å². The summed E-state index contributed by atoms with van der Waals surface area (Å²) < 4.78 is 0. The fraction of sp³-hybridized carbons (Fsp3) is 1.00. The highest BCUT2D eigenvalue weighted by Gasteiger charge is 2.16. The summed E-state index contributed by atoms with van der Waals surface area (Å²) in [7, 11) is 0. The summed E-state index contributed by atoms with van der Waals surface area (Å²) in [6.07, 6.45) is 0. The van der Waals surface area contributed by atoms with E-state index in [4.69, 9.17) is 9.79 Å². The van der Waals surface area contributed by atoms with Gasteiger partial charge in [0.1, 0.15) is 0 Å². The molecule has 0 spiro atoms. The summed E-state index contributed by atoms with van der Waals surface area (Å²) >= 11 is 5.57. The van der Waals surface area contributed by atoms with Crippen molar-refractivity contribution in [1.29, 1.82) is 0 Å². The van der Waals surface area contributed by atoms with Gasteiger partial charge >= 0.3 is 0 Å². The van der Waals surface area contributed by atoms with Crippen LogP contribution in [0, 0.1) is 5.92 Å². The minimum atomic E-state index is -3.03. The van der Waals surface area contributed by atoms with Gasteiger partial charge in [-0.15, -0.1) is 0 Å². The zero-order valence-corrected chi connectivity index (χ0v) is 8.84. The van der Waals surface area contributed by atoms with Gasteiger partial charge in [0, 0.05) is 5.25 Å². The van der Waals surface area contributed by atoms with E-state index in [-0.39, 0.29) is 5.25 Å². The second kappa shape index (κ2) is 4.07. The molecule has 0 aromatic carbocycles. The topological polar surface area (TPSA) is 40.5 Å². The fourth-order valence-corrected chi connectivity index (χ4v) is 4.27. The van der Waals surface area contributed by atoms with Crippen molar-refractivity contribution >= 4 is 28.9 Å². The van der Waals surface area contributed by atoms with E-state index < -0.39 is 5.69 Å². The Bertz CT molecular complexity index is 143. The maximum absolute atomic E-state index is 8.88. The van der Waals surface area contributed by atoms with E-state index in [9.17, 15) is 0 Å². The van der Waals surface area contributed by atoms with E-state index in [0.717, 1.165) is 11.4 Å². The van der Waals surface area contributed by atoms with Crippen molar-refractivity contribution < 1.29 is 9.79 Å². The van der Waals surface area contributed by atoms with Gasteiger partial charge < -0.3 is 9.79 Å². The lowest BCUT2D eigenvalue weighted by atomic mass is 10.2. The largest absolute Gasteiger partial charge is 0.338 e. The summed E-state index contributed by atoms with van der Waals surface area (Å²) in [6, 6.07) is 0. The second-order valence-corrected chi connectivity index (χ2v) is 8.86. The lowest BCUT2D eigenvalue weighted by Gasteiger charge is -2.16. The molecule has 0 saturated carbocycles. The average molecular weight is 200 g/mol. The van der Waals surface area contributed by atoms with Crippen LogP contribution in [-0.2, 0) is 11.8 Å². The number of hydrogen-bond donors (Lipinski definition) is 2. The second-order valence-electron chi connectivity index (χ2n) is 2.55. The third-order valence-corrected chi connectivity index (χ3v) is 4.99. The summed E-state index contributed by atoms with van der Waals surface area (Å²) in [6.45, 7) is 6.01. The standard InChI is InChI=1S/C5H13O2PS2/c1-4(2)5(3)10-8(6,7)9/h4-5H,1-3H3,(H2,6,7,9). The van der Waals surface area contributed by atoms with Crippen LogP contribution in [0.4, 0.5) is 0 Å². The molecule has 0 rings (SSSR count). The zero-order chi connectivity index (χ0) is 8.36. The lowest BCUT2D eigenvalue weighted by Crippen LogP contribution is -2.04. The van der Waals surface area contributed by atoms with Crippen LogP contribution >= 0.6 is 17.1 Å². The van der Waals surface area contributed by atoms with Crippen LogP contribution in [0.2, 0.25) is 0 Å². The molecule has 10 heavy (non-hydrogen) atoms.